The van der Waals surface area contributed by atoms with Crippen LogP contribution in [0.1, 0.15) is 52.9 Å². The fourth-order valence-electron chi connectivity index (χ4n) is 3.28. The first kappa shape index (κ1) is 14.3. The summed E-state index contributed by atoms with van der Waals surface area (Å²) in [6, 6.07) is 2.11. The molecule has 2 fully saturated rings. The molecule has 2 aliphatic heterocycles. The van der Waals surface area contributed by atoms with Crippen LogP contribution in [0.25, 0.3) is 0 Å². The van der Waals surface area contributed by atoms with Gasteiger partial charge in [0.2, 0.25) is 0 Å². The summed E-state index contributed by atoms with van der Waals surface area (Å²) >= 11 is 0. The Kier molecular flexibility index (Phi) is 5.46. The molecule has 3 heteroatoms. The van der Waals surface area contributed by atoms with Gasteiger partial charge in [-0.3, -0.25) is 0 Å². The lowest BCUT2D eigenvalue weighted by Gasteiger charge is -2.31. The van der Waals surface area contributed by atoms with E-state index in [1.54, 1.807) is 0 Å². The van der Waals surface area contributed by atoms with Gasteiger partial charge < -0.3 is 15.0 Å². The van der Waals surface area contributed by atoms with Crippen LogP contribution in [-0.2, 0) is 4.74 Å². The number of likely N-dealkylation sites (tertiary alicyclic amines) is 1. The van der Waals surface area contributed by atoms with Crippen molar-refractivity contribution < 1.29 is 4.74 Å². The van der Waals surface area contributed by atoms with Crippen LogP contribution in [0.2, 0.25) is 0 Å². The largest absolute Gasteiger partial charge is 0.378 e. The molecule has 0 aromatic heterocycles. The van der Waals surface area contributed by atoms with Crippen molar-refractivity contribution in [1.82, 2.24) is 10.2 Å². The fourth-order valence-corrected chi connectivity index (χ4v) is 3.28. The summed E-state index contributed by atoms with van der Waals surface area (Å²) in [5.74, 6) is 0. The molecule has 3 nitrogen and oxygen atoms in total. The number of hydrogen-bond donors (Lipinski definition) is 1. The topological polar surface area (TPSA) is 24.5 Å². The van der Waals surface area contributed by atoms with Gasteiger partial charge >= 0.3 is 0 Å². The van der Waals surface area contributed by atoms with Gasteiger partial charge in [-0.05, 0) is 66.0 Å². The Morgan fingerprint density at radius 3 is 2.67 bits per heavy atom. The van der Waals surface area contributed by atoms with Crippen molar-refractivity contribution in [3.05, 3.63) is 0 Å². The summed E-state index contributed by atoms with van der Waals surface area (Å²) in [7, 11) is 0. The predicted octanol–water partition coefficient (Wildman–Crippen LogP) is 2.41. The summed E-state index contributed by atoms with van der Waals surface area (Å²) in [5.41, 5.74) is 0. The molecule has 0 spiro atoms. The van der Waals surface area contributed by atoms with E-state index in [9.17, 15) is 0 Å². The standard InChI is InChI=1S/C15H30N2O/c1-12(2)17-8-4-5-14(6-9-17)16-15-7-10-18-13(3)11-15/h12-16H,4-11H2,1-3H3. The van der Waals surface area contributed by atoms with Crippen molar-refractivity contribution in [3.8, 4) is 0 Å². The second kappa shape index (κ2) is 6.88. The first-order chi connectivity index (χ1) is 8.65. The number of ether oxygens (including phenoxy) is 1. The van der Waals surface area contributed by atoms with E-state index in [-0.39, 0.29) is 0 Å². The molecule has 2 heterocycles. The van der Waals surface area contributed by atoms with Crippen LogP contribution < -0.4 is 5.32 Å². The van der Waals surface area contributed by atoms with E-state index in [0.29, 0.717) is 18.2 Å². The quantitative estimate of drug-likeness (QED) is 0.837. The van der Waals surface area contributed by atoms with Crippen molar-refractivity contribution >= 4 is 0 Å². The predicted molar refractivity (Wildman–Crippen MR) is 75.9 cm³/mol. The third-order valence-electron chi connectivity index (χ3n) is 4.45. The molecule has 1 N–H and O–H groups in total. The number of nitrogens with one attached hydrogen (secondary N) is 1. The van der Waals surface area contributed by atoms with Gasteiger partial charge in [0.15, 0.2) is 0 Å². The van der Waals surface area contributed by atoms with Gasteiger partial charge in [0, 0.05) is 24.7 Å². The number of rotatable bonds is 3. The minimum atomic E-state index is 0.439. The molecule has 18 heavy (non-hydrogen) atoms. The summed E-state index contributed by atoms with van der Waals surface area (Å²) in [6.07, 6.45) is 6.81. The van der Waals surface area contributed by atoms with Gasteiger partial charge in [-0.15, -0.1) is 0 Å². The maximum atomic E-state index is 5.62. The third-order valence-corrected chi connectivity index (χ3v) is 4.45. The lowest BCUT2D eigenvalue weighted by atomic mass is 10.0. The second-order valence-electron chi connectivity index (χ2n) is 6.33. The van der Waals surface area contributed by atoms with Crippen molar-refractivity contribution in [2.45, 2.75) is 77.1 Å². The van der Waals surface area contributed by atoms with Crippen LogP contribution in [0.4, 0.5) is 0 Å². The van der Waals surface area contributed by atoms with Gasteiger partial charge in [0.1, 0.15) is 0 Å². The van der Waals surface area contributed by atoms with Crippen LogP contribution in [0, 0.1) is 0 Å². The molecule has 0 aromatic rings. The van der Waals surface area contributed by atoms with Crippen LogP contribution in [0.3, 0.4) is 0 Å². The van der Waals surface area contributed by atoms with E-state index in [1.165, 1.54) is 45.2 Å². The fraction of sp³-hybridized carbons (Fsp3) is 1.00. The zero-order chi connectivity index (χ0) is 13.0. The summed E-state index contributed by atoms with van der Waals surface area (Å²) in [4.78, 5) is 2.62. The molecule has 2 aliphatic rings. The smallest absolute Gasteiger partial charge is 0.0561 e. The molecule has 0 radical (unpaired) electrons. The summed E-state index contributed by atoms with van der Waals surface area (Å²) in [6.45, 7) is 10.3. The Balaban J connectivity index is 1.76. The maximum absolute atomic E-state index is 5.62. The van der Waals surface area contributed by atoms with Gasteiger partial charge in [0.25, 0.3) is 0 Å². The van der Waals surface area contributed by atoms with Crippen LogP contribution in [-0.4, -0.2) is 48.8 Å². The van der Waals surface area contributed by atoms with E-state index < -0.39 is 0 Å². The highest BCUT2D eigenvalue weighted by atomic mass is 16.5. The van der Waals surface area contributed by atoms with Crippen molar-refractivity contribution in [2.24, 2.45) is 0 Å². The average Bonchev–Trinajstić information content (AvgIpc) is 2.55. The first-order valence-corrected chi connectivity index (χ1v) is 7.77. The Bertz CT molecular complexity index is 245. The Labute approximate surface area is 112 Å². The van der Waals surface area contributed by atoms with E-state index in [0.717, 1.165) is 12.6 Å². The lowest BCUT2D eigenvalue weighted by Crippen LogP contribution is -2.44. The van der Waals surface area contributed by atoms with Crippen molar-refractivity contribution in [2.75, 3.05) is 19.7 Å². The average molecular weight is 254 g/mol. The highest BCUT2D eigenvalue weighted by Crippen LogP contribution is 2.18. The van der Waals surface area contributed by atoms with E-state index in [2.05, 4.69) is 31.0 Å². The molecule has 0 aromatic carbocycles. The molecule has 0 amide bonds. The monoisotopic (exact) mass is 254 g/mol. The molecule has 106 valence electrons. The molecule has 2 rings (SSSR count). The lowest BCUT2D eigenvalue weighted by molar-refractivity contribution is 0.0109. The van der Waals surface area contributed by atoms with E-state index in [1.807, 2.05) is 0 Å². The van der Waals surface area contributed by atoms with Crippen LogP contribution >= 0.6 is 0 Å². The molecule has 3 unspecified atom stereocenters. The maximum Gasteiger partial charge on any atom is 0.0561 e. The molecule has 0 saturated carbocycles. The van der Waals surface area contributed by atoms with E-state index in [4.69, 9.17) is 4.74 Å². The highest BCUT2D eigenvalue weighted by Gasteiger charge is 2.24. The summed E-state index contributed by atoms with van der Waals surface area (Å²) in [5, 5.41) is 3.88. The highest BCUT2D eigenvalue weighted by molar-refractivity contribution is 4.82. The number of hydrogen-bond acceptors (Lipinski definition) is 3. The van der Waals surface area contributed by atoms with Crippen LogP contribution in [0.5, 0.6) is 0 Å². The third kappa shape index (κ3) is 4.22. The summed E-state index contributed by atoms with van der Waals surface area (Å²) < 4.78 is 5.62. The Morgan fingerprint density at radius 2 is 1.94 bits per heavy atom. The van der Waals surface area contributed by atoms with Gasteiger partial charge in [-0.25, -0.2) is 0 Å². The molecule has 2 saturated heterocycles. The molecule has 3 atom stereocenters. The van der Waals surface area contributed by atoms with Gasteiger partial charge in [-0.1, -0.05) is 0 Å². The molecule has 0 bridgehead atoms. The van der Waals surface area contributed by atoms with E-state index >= 15 is 0 Å². The van der Waals surface area contributed by atoms with Crippen molar-refractivity contribution in [1.29, 1.82) is 0 Å². The molecule has 0 aliphatic carbocycles. The Hall–Kier alpha value is -0.120. The van der Waals surface area contributed by atoms with Crippen molar-refractivity contribution in [3.63, 3.8) is 0 Å². The van der Waals surface area contributed by atoms with Gasteiger partial charge in [-0.2, -0.15) is 0 Å². The zero-order valence-corrected chi connectivity index (χ0v) is 12.3. The normalized spacial score (nSPS) is 35.7. The van der Waals surface area contributed by atoms with Gasteiger partial charge in [0.05, 0.1) is 6.10 Å². The first-order valence-electron chi connectivity index (χ1n) is 7.77. The minimum absolute atomic E-state index is 0.439. The molecular formula is C15H30N2O. The zero-order valence-electron chi connectivity index (χ0n) is 12.3. The SMILES string of the molecule is CC1CC(NC2CCCN(C(C)C)CC2)CCO1. The molecular weight excluding hydrogens is 224 g/mol. The Morgan fingerprint density at radius 1 is 1.11 bits per heavy atom. The van der Waals surface area contributed by atoms with Crippen LogP contribution in [0.15, 0.2) is 0 Å². The number of nitrogens with zero attached hydrogens (tertiary/aromatic N) is 1. The second-order valence-corrected chi connectivity index (χ2v) is 6.33. The minimum Gasteiger partial charge on any atom is -0.378 e.